The van der Waals surface area contributed by atoms with E-state index in [9.17, 15) is 0 Å². The van der Waals surface area contributed by atoms with E-state index in [-0.39, 0.29) is 20.1 Å². The zero-order valence-electron chi connectivity index (χ0n) is 34.4. The molecule has 1 radical (unpaired) electrons. The molecule has 0 saturated heterocycles. The minimum Gasteiger partial charge on any atom is -0.247 e. The molecule has 0 spiro atoms. The molecule has 6 aromatic rings. The fraction of sp³-hybridized carbons (Fsp3) is 0.400. The van der Waals surface area contributed by atoms with Crippen LogP contribution >= 0.6 is 0 Å². The fourth-order valence-corrected chi connectivity index (χ4v) is 7.64. The van der Waals surface area contributed by atoms with Crippen molar-refractivity contribution in [3.63, 3.8) is 0 Å². The number of aryl methyl sites for hydroxylation is 2. The number of nitrogens with zero attached hydrogens (tertiary/aromatic N) is 2. The second-order valence-electron chi connectivity index (χ2n) is 16.8. The van der Waals surface area contributed by atoms with Crippen molar-refractivity contribution in [1.29, 1.82) is 0 Å². The van der Waals surface area contributed by atoms with Gasteiger partial charge < -0.3 is 0 Å². The van der Waals surface area contributed by atoms with E-state index in [0.29, 0.717) is 23.7 Å². The van der Waals surface area contributed by atoms with Gasteiger partial charge in [-0.25, -0.2) is 9.97 Å². The molecule has 0 unspecified atom stereocenters. The van der Waals surface area contributed by atoms with Gasteiger partial charge >= 0.3 is 20.1 Å². The van der Waals surface area contributed by atoms with Gasteiger partial charge in [-0.15, -0.1) is 0 Å². The summed E-state index contributed by atoms with van der Waals surface area (Å²) in [5.41, 5.74) is 18.4. The molecule has 53 heavy (non-hydrogen) atoms. The summed E-state index contributed by atoms with van der Waals surface area (Å²) in [5.74, 6) is 2.46. The smallest absolute Gasteiger partial charge is 0.247 e. The van der Waals surface area contributed by atoms with E-state index in [0.717, 1.165) is 36.7 Å². The maximum atomic E-state index is 5.17. The molecule has 3 heteroatoms. The zero-order chi connectivity index (χ0) is 37.7. The van der Waals surface area contributed by atoms with E-state index in [2.05, 4.69) is 168 Å². The molecule has 0 aliphatic heterocycles. The molecule has 0 atom stereocenters. The average molecular weight is 883 g/mol. The van der Waals surface area contributed by atoms with Gasteiger partial charge in [0.2, 0.25) is 0 Å². The summed E-state index contributed by atoms with van der Waals surface area (Å²) >= 11 is 0. The Labute approximate surface area is 334 Å². The van der Waals surface area contributed by atoms with Crippen LogP contribution in [-0.2, 0) is 45.8 Å². The fourth-order valence-electron chi connectivity index (χ4n) is 7.64. The molecular weight excluding hydrogens is 821 g/mol. The van der Waals surface area contributed by atoms with Crippen LogP contribution in [0.15, 0.2) is 84.9 Å². The van der Waals surface area contributed by atoms with Crippen molar-refractivity contribution < 1.29 is 20.1 Å². The molecule has 0 saturated carbocycles. The molecule has 2 heterocycles. The summed E-state index contributed by atoms with van der Waals surface area (Å²) in [5, 5.41) is 2.65. The number of pyridine rings is 2. The summed E-state index contributed by atoms with van der Waals surface area (Å²) in [6, 6.07) is 30.5. The van der Waals surface area contributed by atoms with Crippen molar-refractivity contribution in [1.82, 2.24) is 9.97 Å². The molecule has 0 fully saturated rings. The Kier molecular flexibility index (Phi) is 14.8. The molecule has 2 nitrogen and oxygen atoms in total. The second kappa shape index (κ2) is 18.6. The van der Waals surface area contributed by atoms with Crippen LogP contribution < -0.4 is 0 Å². The van der Waals surface area contributed by atoms with Crippen LogP contribution in [0.5, 0.6) is 0 Å². The topological polar surface area (TPSA) is 25.8 Å². The van der Waals surface area contributed by atoms with Crippen LogP contribution in [0.25, 0.3) is 44.3 Å². The number of hydrogen-bond donors (Lipinski definition) is 0. The summed E-state index contributed by atoms with van der Waals surface area (Å²) in [6.07, 6.45) is 4.34. The Morgan fingerprint density at radius 3 is 1.06 bits per heavy atom. The van der Waals surface area contributed by atoms with Crippen LogP contribution in [0.2, 0.25) is 0 Å². The number of rotatable bonds is 10. The Hall–Kier alpha value is -3.65. The Morgan fingerprint density at radius 2 is 0.717 bits per heavy atom. The van der Waals surface area contributed by atoms with Gasteiger partial charge in [0.1, 0.15) is 0 Å². The standard InChI is InChI=1S/2C25H31N.Ir/c2*1-16(2)14-22-21-11-7-8-13-24(21)26-25(23(22)15-17(3)4)20-12-9-10-18(5)19(20)6;/h2*7-13,16-17H,14-15H2,1-6H3;/q;;+2. The summed E-state index contributed by atoms with van der Waals surface area (Å²) in [4.78, 5) is 10.3. The van der Waals surface area contributed by atoms with Gasteiger partial charge in [0.25, 0.3) is 0 Å². The van der Waals surface area contributed by atoms with Crippen LogP contribution in [0.1, 0.15) is 99.9 Å². The number of aromatic nitrogens is 2. The first kappa shape index (κ1) is 42.1. The van der Waals surface area contributed by atoms with Gasteiger partial charge in [-0.1, -0.05) is 128 Å². The number of benzene rings is 4. The van der Waals surface area contributed by atoms with Crippen molar-refractivity contribution in [2.75, 3.05) is 0 Å². The first-order valence-corrected chi connectivity index (χ1v) is 19.7. The largest absolute Gasteiger partial charge is 2.00 e. The summed E-state index contributed by atoms with van der Waals surface area (Å²) < 4.78 is 0. The van der Waals surface area contributed by atoms with E-state index in [4.69, 9.17) is 9.97 Å². The molecular formula is C50H62IrN2+2. The van der Waals surface area contributed by atoms with Gasteiger partial charge in [-0.2, -0.15) is 0 Å². The van der Waals surface area contributed by atoms with E-state index >= 15 is 0 Å². The molecule has 6 rings (SSSR count). The number of fused-ring (bicyclic) bond motifs is 2. The van der Waals surface area contributed by atoms with E-state index in [1.807, 2.05) is 0 Å². The van der Waals surface area contributed by atoms with Gasteiger partial charge in [-0.05, 0) is 134 Å². The maximum absolute atomic E-state index is 5.17. The third kappa shape index (κ3) is 9.92. The van der Waals surface area contributed by atoms with Crippen LogP contribution in [0.3, 0.4) is 0 Å². The van der Waals surface area contributed by atoms with Crippen LogP contribution in [0, 0.1) is 51.4 Å². The molecule has 279 valence electrons. The molecule has 0 aliphatic rings. The van der Waals surface area contributed by atoms with Gasteiger partial charge in [0, 0.05) is 21.9 Å². The maximum Gasteiger partial charge on any atom is 2.00 e. The molecule has 0 amide bonds. The third-order valence-corrected chi connectivity index (χ3v) is 10.4. The molecule has 4 aromatic carbocycles. The van der Waals surface area contributed by atoms with Gasteiger partial charge in [-0.3, -0.25) is 0 Å². The molecule has 2 aromatic heterocycles. The zero-order valence-corrected chi connectivity index (χ0v) is 36.8. The first-order valence-electron chi connectivity index (χ1n) is 19.7. The predicted octanol–water partition coefficient (Wildman–Crippen LogP) is 13.8. The molecule has 0 aliphatic carbocycles. The number of para-hydroxylation sites is 2. The quantitative estimate of drug-likeness (QED) is 0.137. The summed E-state index contributed by atoms with van der Waals surface area (Å²) in [7, 11) is 0. The SMILES string of the molecule is Cc1cccc(-c2nc3ccccc3c(CC(C)C)c2CC(C)C)c1C.Cc1cccc(-c2nc3ccccc3c(CC(C)C)c2CC(C)C)c1C.[Ir+2]. The molecule has 0 N–H and O–H groups in total. The van der Waals surface area contributed by atoms with Crippen molar-refractivity contribution in [2.24, 2.45) is 23.7 Å². The normalized spacial score (nSPS) is 11.5. The van der Waals surface area contributed by atoms with Crippen molar-refractivity contribution in [3.8, 4) is 22.5 Å². The van der Waals surface area contributed by atoms with Crippen molar-refractivity contribution in [3.05, 3.63) is 129 Å². The van der Waals surface area contributed by atoms with Crippen molar-refractivity contribution >= 4 is 21.8 Å². The molecule has 0 bridgehead atoms. The Balaban J connectivity index is 0.000000232. The monoisotopic (exact) mass is 883 g/mol. The first-order chi connectivity index (χ1) is 24.8. The van der Waals surface area contributed by atoms with Gasteiger partial charge in [0.05, 0.1) is 22.4 Å². The van der Waals surface area contributed by atoms with E-state index < -0.39 is 0 Å². The minimum absolute atomic E-state index is 0. The Bertz CT molecular complexity index is 2000. The second-order valence-corrected chi connectivity index (χ2v) is 16.8. The summed E-state index contributed by atoms with van der Waals surface area (Å²) in [6.45, 7) is 27.3. The van der Waals surface area contributed by atoms with Gasteiger partial charge in [0.15, 0.2) is 0 Å². The predicted molar refractivity (Wildman–Crippen MR) is 227 cm³/mol. The Morgan fingerprint density at radius 1 is 0.396 bits per heavy atom. The van der Waals surface area contributed by atoms with E-state index in [1.54, 1.807) is 0 Å². The van der Waals surface area contributed by atoms with Crippen LogP contribution in [0.4, 0.5) is 0 Å². The minimum atomic E-state index is 0. The van der Waals surface area contributed by atoms with Crippen LogP contribution in [-0.4, -0.2) is 9.97 Å². The van der Waals surface area contributed by atoms with Crippen molar-refractivity contribution in [2.45, 2.75) is 109 Å². The third-order valence-electron chi connectivity index (χ3n) is 10.4. The number of hydrogen-bond acceptors (Lipinski definition) is 2. The van der Waals surface area contributed by atoms with E-state index in [1.165, 1.54) is 77.8 Å². The average Bonchev–Trinajstić information content (AvgIpc) is 3.09.